The summed E-state index contributed by atoms with van der Waals surface area (Å²) in [4.78, 5) is 17.4. The maximum Gasteiger partial charge on any atom is 0.251 e. The molecule has 0 saturated carbocycles. The lowest BCUT2D eigenvalue weighted by atomic mass is 10.1. The Labute approximate surface area is 202 Å². The minimum atomic E-state index is -0.00806. The van der Waals surface area contributed by atoms with Gasteiger partial charge in [-0.25, -0.2) is 0 Å². The number of carbonyl (C=O) groups excluding carboxylic acids is 1. The third kappa shape index (κ3) is 5.17. The molecule has 2 aliphatic rings. The summed E-state index contributed by atoms with van der Waals surface area (Å²) < 4.78 is 0. The van der Waals surface area contributed by atoms with Crippen LogP contribution in [0.5, 0.6) is 0 Å². The minimum absolute atomic E-state index is 0.00806. The van der Waals surface area contributed by atoms with Gasteiger partial charge in [0.2, 0.25) is 0 Å². The van der Waals surface area contributed by atoms with Crippen LogP contribution < -0.4 is 10.2 Å². The van der Waals surface area contributed by atoms with Gasteiger partial charge in [0.25, 0.3) is 5.91 Å². The predicted octanol–water partition coefficient (Wildman–Crippen LogP) is 4.95. The number of aromatic amines is 1. The Hall–Kier alpha value is -3.12. The first-order chi connectivity index (χ1) is 16.7. The quantitative estimate of drug-likeness (QED) is 0.527. The van der Waals surface area contributed by atoms with Gasteiger partial charge in [0.15, 0.2) is 0 Å². The maximum atomic E-state index is 12.5. The number of nitrogens with one attached hydrogen (secondary N) is 2. The van der Waals surface area contributed by atoms with Crippen molar-refractivity contribution in [2.45, 2.75) is 44.6 Å². The zero-order chi connectivity index (χ0) is 23.3. The predicted molar refractivity (Wildman–Crippen MR) is 138 cm³/mol. The number of amides is 1. The number of benzene rings is 2. The molecule has 3 aromatic rings. The number of rotatable bonds is 7. The molecule has 6 heteroatoms. The van der Waals surface area contributed by atoms with Crippen molar-refractivity contribution in [1.29, 1.82) is 0 Å². The highest BCUT2D eigenvalue weighted by atomic mass is 16.1. The van der Waals surface area contributed by atoms with Crippen molar-refractivity contribution in [1.82, 2.24) is 20.4 Å². The van der Waals surface area contributed by atoms with Gasteiger partial charge in [-0.2, -0.15) is 5.10 Å². The molecule has 178 valence electrons. The van der Waals surface area contributed by atoms with Gasteiger partial charge in [-0.1, -0.05) is 24.3 Å². The van der Waals surface area contributed by atoms with Crippen LogP contribution >= 0.6 is 0 Å². The average Bonchev–Trinajstić information content (AvgIpc) is 3.54. The molecule has 0 bridgehead atoms. The Morgan fingerprint density at radius 3 is 2.41 bits per heavy atom. The fraction of sp³-hybridized carbons (Fsp3) is 0.429. The second kappa shape index (κ2) is 10.4. The summed E-state index contributed by atoms with van der Waals surface area (Å²) in [5.74, 6) is -0.00806. The van der Waals surface area contributed by atoms with E-state index >= 15 is 0 Å². The van der Waals surface area contributed by atoms with Gasteiger partial charge < -0.3 is 15.1 Å². The number of piperidine rings is 1. The molecule has 0 spiro atoms. The van der Waals surface area contributed by atoms with Crippen molar-refractivity contribution in [2.75, 3.05) is 38.1 Å². The summed E-state index contributed by atoms with van der Waals surface area (Å²) in [5.41, 5.74) is 5.99. The number of carbonyl (C=O) groups is 1. The molecule has 1 amide bonds. The number of aromatic nitrogens is 2. The van der Waals surface area contributed by atoms with Crippen LogP contribution in [-0.4, -0.2) is 60.3 Å². The SMILES string of the molecule is CN1CCC[C@@H]1CCNC(=O)c1ccc(-c2cc(-c3ccc(N4CCCCC4)cc3)n[nH]2)cc1. The van der Waals surface area contributed by atoms with Crippen molar-refractivity contribution in [3.8, 4) is 22.5 Å². The maximum absolute atomic E-state index is 12.5. The third-order valence-electron chi connectivity index (χ3n) is 7.35. The van der Waals surface area contributed by atoms with E-state index in [4.69, 9.17) is 0 Å². The standard InChI is InChI=1S/C28H35N5O/c1-32-17-5-6-24(32)15-16-29-28(34)23-9-7-21(8-10-23)26-20-27(31-30-26)22-11-13-25(14-12-22)33-18-3-2-4-19-33/h7-14,20,24H,2-6,15-19H2,1H3,(H,29,34)(H,30,31)/t24-/m1/s1. The zero-order valence-corrected chi connectivity index (χ0v) is 20.1. The summed E-state index contributed by atoms with van der Waals surface area (Å²) in [6, 6.07) is 19.1. The van der Waals surface area contributed by atoms with Gasteiger partial charge in [-0.05, 0) is 88.0 Å². The highest BCUT2D eigenvalue weighted by molar-refractivity contribution is 5.94. The summed E-state index contributed by atoms with van der Waals surface area (Å²) in [5, 5.41) is 10.7. The van der Waals surface area contributed by atoms with E-state index in [0.717, 1.165) is 48.6 Å². The Kier molecular flexibility index (Phi) is 6.95. The molecule has 6 nitrogen and oxygen atoms in total. The topological polar surface area (TPSA) is 64.3 Å². The second-order valence-electron chi connectivity index (χ2n) is 9.66. The average molecular weight is 458 g/mol. The molecule has 2 saturated heterocycles. The molecule has 1 atom stereocenters. The molecular weight excluding hydrogens is 422 g/mol. The molecule has 0 aliphatic carbocycles. The first kappa shape index (κ1) is 22.7. The van der Waals surface area contributed by atoms with E-state index in [1.165, 1.54) is 44.3 Å². The number of hydrogen-bond donors (Lipinski definition) is 2. The van der Waals surface area contributed by atoms with E-state index in [0.29, 0.717) is 11.6 Å². The molecule has 5 rings (SSSR count). The van der Waals surface area contributed by atoms with Gasteiger partial charge in [0.05, 0.1) is 11.4 Å². The zero-order valence-electron chi connectivity index (χ0n) is 20.1. The van der Waals surface area contributed by atoms with Gasteiger partial charge in [0.1, 0.15) is 0 Å². The Morgan fingerprint density at radius 1 is 0.971 bits per heavy atom. The third-order valence-corrected chi connectivity index (χ3v) is 7.35. The summed E-state index contributed by atoms with van der Waals surface area (Å²) >= 11 is 0. The highest BCUT2D eigenvalue weighted by Crippen LogP contribution is 2.27. The van der Waals surface area contributed by atoms with Crippen molar-refractivity contribution in [3.63, 3.8) is 0 Å². The molecule has 2 aliphatic heterocycles. The van der Waals surface area contributed by atoms with Gasteiger partial charge in [-0.3, -0.25) is 9.89 Å². The molecule has 2 N–H and O–H groups in total. The van der Waals surface area contributed by atoms with Crippen LogP contribution in [0.15, 0.2) is 54.6 Å². The van der Waals surface area contributed by atoms with E-state index in [1.54, 1.807) is 0 Å². The minimum Gasteiger partial charge on any atom is -0.372 e. The molecular formula is C28H35N5O. The van der Waals surface area contributed by atoms with Crippen LogP contribution in [0, 0.1) is 0 Å². The van der Waals surface area contributed by atoms with Crippen molar-refractivity contribution >= 4 is 11.6 Å². The van der Waals surface area contributed by atoms with Crippen LogP contribution in [0.3, 0.4) is 0 Å². The first-order valence-electron chi connectivity index (χ1n) is 12.7. The van der Waals surface area contributed by atoms with E-state index in [1.807, 2.05) is 24.3 Å². The van der Waals surface area contributed by atoms with Crippen molar-refractivity contribution < 1.29 is 4.79 Å². The van der Waals surface area contributed by atoms with Crippen LogP contribution in [0.2, 0.25) is 0 Å². The smallest absolute Gasteiger partial charge is 0.251 e. The molecule has 3 heterocycles. The molecule has 2 aromatic carbocycles. The lowest BCUT2D eigenvalue weighted by molar-refractivity contribution is 0.0950. The van der Waals surface area contributed by atoms with E-state index in [2.05, 4.69) is 62.7 Å². The van der Waals surface area contributed by atoms with Crippen LogP contribution in [0.25, 0.3) is 22.5 Å². The first-order valence-corrected chi connectivity index (χ1v) is 12.7. The molecule has 0 radical (unpaired) electrons. The largest absolute Gasteiger partial charge is 0.372 e. The summed E-state index contributed by atoms with van der Waals surface area (Å²) in [7, 11) is 2.17. The number of hydrogen-bond acceptors (Lipinski definition) is 4. The van der Waals surface area contributed by atoms with E-state index < -0.39 is 0 Å². The fourth-order valence-corrected chi connectivity index (χ4v) is 5.21. The molecule has 1 aromatic heterocycles. The summed E-state index contributed by atoms with van der Waals surface area (Å²) in [6.45, 7) is 4.19. The van der Waals surface area contributed by atoms with Crippen LogP contribution in [0.1, 0.15) is 48.9 Å². The highest BCUT2D eigenvalue weighted by Gasteiger charge is 2.20. The molecule has 34 heavy (non-hydrogen) atoms. The molecule has 2 fully saturated rings. The summed E-state index contributed by atoms with van der Waals surface area (Å²) in [6.07, 6.45) is 7.41. The van der Waals surface area contributed by atoms with Gasteiger partial charge >= 0.3 is 0 Å². The van der Waals surface area contributed by atoms with Crippen LogP contribution in [0.4, 0.5) is 5.69 Å². The van der Waals surface area contributed by atoms with Crippen molar-refractivity contribution in [3.05, 3.63) is 60.2 Å². The number of H-pyrrole nitrogens is 1. The monoisotopic (exact) mass is 457 g/mol. The Balaban J connectivity index is 1.18. The fourth-order valence-electron chi connectivity index (χ4n) is 5.21. The normalized spacial score (nSPS) is 18.9. The van der Waals surface area contributed by atoms with E-state index in [9.17, 15) is 4.79 Å². The lowest BCUT2D eigenvalue weighted by Gasteiger charge is -2.28. The van der Waals surface area contributed by atoms with Crippen molar-refractivity contribution in [2.24, 2.45) is 0 Å². The van der Waals surface area contributed by atoms with Gasteiger partial charge in [0, 0.05) is 42.5 Å². The van der Waals surface area contributed by atoms with Crippen LogP contribution in [-0.2, 0) is 0 Å². The molecule has 0 unspecified atom stereocenters. The number of nitrogens with zero attached hydrogens (tertiary/aromatic N) is 3. The lowest BCUT2D eigenvalue weighted by Crippen LogP contribution is -2.31. The Morgan fingerprint density at radius 2 is 1.71 bits per heavy atom. The number of likely N-dealkylation sites (tertiary alicyclic amines) is 1. The number of anilines is 1. The second-order valence-corrected chi connectivity index (χ2v) is 9.66. The van der Waals surface area contributed by atoms with Gasteiger partial charge in [-0.15, -0.1) is 0 Å². The van der Waals surface area contributed by atoms with E-state index in [-0.39, 0.29) is 5.91 Å². The Bertz CT molecular complexity index is 1080.